The number of anilines is 2. The molecule has 0 saturated heterocycles. The van der Waals surface area contributed by atoms with Gasteiger partial charge in [0.15, 0.2) is 0 Å². The van der Waals surface area contributed by atoms with Crippen LogP contribution in [-0.4, -0.2) is 9.97 Å². The molecule has 0 fully saturated rings. The van der Waals surface area contributed by atoms with E-state index < -0.39 is 11.7 Å². The Morgan fingerprint density at radius 2 is 1.57 bits per heavy atom. The number of nitrogens with one attached hydrogen (secondary N) is 1. The van der Waals surface area contributed by atoms with E-state index in [0.29, 0.717) is 16.2 Å². The molecule has 0 atom stereocenters. The number of hydrogen-bond acceptors (Lipinski definition) is 3. The molecule has 3 aromatic carbocycles. The Hall–Kier alpha value is -3.12. The van der Waals surface area contributed by atoms with Gasteiger partial charge in [-0.25, -0.2) is 9.97 Å². The van der Waals surface area contributed by atoms with Crippen molar-refractivity contribution in [3.63, 3.8) is 0 Å². The van der Waals surface area contributed by atoms with E-state index in [1.807, 2.05) is 36.4 Å². The number of benzene rings is 3. The number of hydrogen-bond donors (Lipinski definition) is 1. The molecule has 0 saturated carbocycles. The maximum Gasteiger partial charge on any atom is 0.416 e. The highest BCUT2D eigenvalue weighted by molar-refractivity contribution is 6.30. The van der Waals surface area contributed by atoms with Crippen LogP contribution in [0.4, 0.5) is 24.8 Å². The van der Waals surface area contributed by atoms with Crippen molar-refractivity contribution < 1.29 is 13.2 Å². The first-order valence-electron chi connectivity index (χ1n) is 8.37. The lowest BCUT2D eigenvalue weighted by Crippen LogP contribution is -2.06. The summed E-state index contributed by atoms with van der Waals surface area (Å²) in [4.78, 5) is 8.98. The highest BCUT2D eigenvalue weighted by atomic mass is 35.5. The minimum atomic E-state index is -4.42. The summed E-state index contributed by atoms with van der Waals surface area (Å²) >= 11 is 5.97. The average molecular weight is 400 g/mol. The maximum absolute atomic E-state index is 13.0. The van der Waals surface area contributed by atoms with Crippen LogP contribution in [-0.2, 0) is 6.18 Å². The molecule has 4 aromatic rings. The molecule has 0 aliphatic carbocycles. The van der Waals surface area contributed by atoms with Crippen LogP contribution in [0.15, 0.2) is 72.8 Å². The number of nitrogens with zero attached hydrogens (tertiary/aromatic N) is 2. The second-order valence-corrected chi connectivity index (χ2v) is 6.56. The zero-order valence-electron chi connectivity index (χ0n) is 14.3. The Morgan fingerprint density at radius 1 is 0.821 bits per heavy atom. The third-order valence-electron chi connectivity index (χ3n) is 4.17. The second-order valence-electron chi connectivity index (χ2n) is 6.12. The summed E-state index contributed by atoms with van der Waals surface area (Å²) in [6.45, 7) is 0. The van der Waals surface area contributed by atoms with Gasteiger partial charge in [0.2, 0.25) is 5.95 Å². The number of alkyl halides is 3. The molecule has 1 N–H and O–H groups in total. The fraction of sp³-hybridized carbons (Fsp3) is 0.0476. The molecular weight excluding hydrogens is 387 g/mol. The molecular formula is C21H13ClF3N3. The third kappa shape index (κ3) is 3.77. The lowest BCUT2D eigenvalue weighted by molar-refractivity contribution is -0.137. The van der Waals surface area contributed by atoms with Gasteiger partial charge in [-0.05, 0) is 36.4 Å². The fourth-order valence-corrected chi connectivity index (χ4v) is 2.99. The van der Waals surface area contributed by atoms with Gasteiger partial charge in [0, 0.05) is 21.7 Å². The Balaban J connectivity index is 1.79. The topological polar surface area (TPSA) is 37.8 Å². The Kier molecular flexibility index (Phi) is 4.65. The summed E-state index contributed by atoms with van der Waals surface area (Å²) in [6.07, 6.45) is -4.42. The molecule has 0 unspecified atom stereocenters. The smallest absolute Gasteiger partial charge is 0.324 e. The first-order valence-corrected chi connectivity index (χ1v) is 8.75. The number of rotatable bonds is 3. The average Bonchev–Trinajstić information content (AvgIpc) is 2.68. The van der Waals surface area contributed by atoms with Crippen LogP contribution in [0.1, 0.15) is 5.56 Å². The molecule has 0 radical (unpaired) electrons. The molecule has 0 amide bonds. The normalized spacial score (nSPS) is 11.6. The summed E-state index contributed by atoms with van der Waals surface area (Å²) in [5, 5.41) is 4.32. The molecule has 4 rings (SSSR count). The standard InChI is InChI=1S/C21H13ClF3N3/c22-15-10-8-13(9-11-15)19-17-6-1-2-7-18(17)27-20(28-19)26-16-5-3-4-14(12-16)21(23,24)25/h1-12H,(H,26,27,28). The summed E-state index contributed by atoms with van der Waals surface area (Å²) < 4.78 is 38.9. The monoisotopic (exact) mass is 399 g/mol. The Bertz CT molecular complexity index is 1140. The molecule has 1 aromatic heterocycles. The van der Waals surface area contributed by atoms with Gasteiger partial charge in [-0.2, -0.15) is 13.2 Å². The van der Waals surface area contributed by atoms with Crippen LogP contribution < -0.4 is 5.32 Å². The third-order valence-corrected chi connectivity index (χ3v) is 4.42. The molecule has 0 aliphatic heterocycles. The van der Waals surface area contributed by atoms with E-state index in [-0.39, 0.29) is 11.6 Å². The number of halogens is 4. The summed E-state index contributed by atoms with van der Waals surface area (Å²) in [5.74, 6) is 0.211. The fourth-order valence-electron chi connectivity index (χ4n) is 2.86. The van der Waals surface area contributed by atoms with E-state index >= 15 is 0 Å². The predicted molar refractivity (Wildman–Crippen MR) is 105 cm³/mol. The van der Waals surface area contributed by atoms with E-state index in [1.54, 1.807) is 12.1 Å². The summed E-state index contributed by atoms with van der Waals surface area (Å²) in [7, 11) is 0. The van der Waals surface area contributed by atoms with E-state index in [1.165, 1.54) is 12.1 Å². The van der Waals surface area contributed by atoms with Crippen molar-refractivity contribution in [3.05, 3.63) is 83.4 Å². The minimum Gasteiger partial charge on any atom is -0.324 e. The number of para-hydroxylation sites is 1. The highest BCUT2D eigenvalue weighted by Crippen LogP contribution is 2.32. The Labute approximate surface area is 163 Å². The van der Waals surface area contributed by atoms with Crippen molar-refractivity contribution >= 4 is 34.1 Å². The van der Waals surface area contributed by atoms with Crippen molar-refractivity contribution in [1.29, 1.82) is 0 Å². The van der Waals surface area contributed by atoms with E-state index in [2.05, 4.69) is 15.3 Å². The van der Waals surface area contributed by atoms with Crippen molar-refractivity contribution in [1.82, 2.24) is 9.97 Å². The van der Waals surface area contributed by atoms with E-state index in [0.717, 1.165) is 23.1 Å². The van der Waals surface area contributed by atoms with Crippen LogP contribution in [0.3, 0.4) is 0 Å². The SMILES string of the molecule is FC(F)(F)c1cccc(Nc2nc(-c3ccc(Cl)cc3)c3ccccc3n2)c1. The molecule has 140 valence electrons. The zero-order valence-corrected chi connectivity index (χ0v) is 15.1. The van der Waals surface area contributed by atoms with Gasteiger partial charge in [0.1, 0.15) is 0 Å². The summed E-state index contributed by atoms with van der Waals surface area (Å²) in [6, 6.07) is 19.6. The van der Waals surface area contributed by atoms with Crippen LogP contribution in [0.25, 0.3) is 22.2 Å². The van der Waals surface area contributed by atoms with E-state index in [9.17, 15) is 13.2 Å². The number of aromatic nitrogens is 2. The lowest BCUT2D eigenvalue weighted by Gasteiger charge is -2.12. The summed E-state index contributed by atoms with van der Waals surface area (Å²) in [5.41, 5.74) is 1.69. The van der Waals surface area contributed by atoms with Gasteiger partial charge >= 0.3 is 6.18 Å². The van der Waals surface area contributed by atoms with Crippen molar-refractivity contribution in [2.75, 3.05) is 5.32 Å². The van der Waals surface area contributed by atoms with Crippen LogP contribution >= 0.6 is 11.6 Å². The molecule has 0 spiro atoms. The van der Waals surface area contributed by atoms with Crippen molar-refractivity contribution in [2.24, 2.45) is 0 Å². The van der Waals surface area contributed by atoms with Gasteiger partial charge in [-0.15, -0.1) is 0 Å². The molecule has 7 heteroatoms. The highest BCUT2D eigenvalue weighted by Gasteiger charge is 2.30. The predicted octanol–water partition coefficient (Wildman–Crippen LogP) is 6.71. The maximum atomic E-state index is 13.0. The van der Waals surface area contributed by atoms with Gasteiger partial charge in [-0.3, -0.25) is 0 Å². The van der Waals surface area contributed by atoms with Crippen LogP contribution in [0.5, 0.6) is 0 Å². The largest absolute Gasteiger partial charge is 0.416 e. The zero-order chi connectivity index (χ0) is 19.7. The number of fused-ring (bicyclic) bond motifs is 1. The first-order chi connectivity index (χ1) is 13.4. The quantitative estimate of drug-likeness (QED) is 0.416. The molecule has 28 heavy (non-hydrogen) atoms. The van der Waals surface area contributed by atoms with E-state index in [4.69, 9.17) is 11.6 Å². The van der Waals surface area contributed by atoms with Gasteiger partial charge in [-0.1, -0.05) is 48.0 Å². The van der Waals surface area contributed by atoms with Gasteiger partial charge in [0.25, 0.3) is 0 Å². The van der Waals surface area contributed by atoms with Gasteiger partial charge in [0.05, 0.1) is 16.8 Å². The lowest BCUT2D eigenvalue weighted by atomic mass is 10.1. The first kappa shape index (κ1) is 18.3. The van der Waals surface area contributed by atoms with Crippen molar-refractivity contribution in [2.45, 2.75) is 6.18 Å². The Morgan fingerprint density at radius 3 is 2.32 bits per heavy atom. The minimum absolute atomic E-state index is 0.211. The molecule has 0 bridgehead atoms. The molecule has 0 aliphatic rings. The second kappa shape index (κ2) is 7.13. The van der Waals surface area contributed by atoms with Gasteiger partial charge < -0.3 is 5.32 Å². The van der Waals surface area contributed by atoms with Crippen LogP contribution in [0.2, 0.25) is 5.02 Å². The van der Waals surface area contributed by atoms with Crippen LogP contribution in [0, 0.1) is 0 Å². The molecule has 1 heterocycles. The molecule has 3 nitrogen and oxygen atoms in total. The van der Waals surface area contributed by atoms with Crippen molar-refractivity contribution in [3.8, 4) is 11.3 Å².